The molecular weight excluding hydrogens is 268 g/mol. The van der Waals surface area contributed by atoms with Crippen molar-refractivity contribution in [3.8, 4) is 0 Å². The number of nitrogens with zero attached hydrogens (tertiary/aromatic N) is 2. The summed E-state index contributed by atoms with van der Waals surface area (Å²) in [5.74, 6) is 5.74. The molecule has 0 radical (unpaired) electrons. The summed E-state index contributed by atoms with van der Waals surface area (Å²) in [6.07, 6.45) is 4.88. The number of nitrogens with two attached hydrogens (primary N) is 1. The monoisotopic (exact) mass is 286 g/mol. The topological polar surface area (TPSA) is 55.3 Å². The summed E-state index contributed by atoms with van der Waals surface area (Å²) < 4.78 is 2.05. The number of fused-ring (bicyclic) bond motifs is 1. The van der Waals surface area contributed by atoms with Crippen molar-refractivity contribution in [1.82, 2.24) is 14.8 Å². The van der Waals surface area contributed by atoms with Crippen molar-refractivity contribution in [3.05, 3.63) is 58.4 Å². The van der Waals surface area contributed by atoms with Crippen molar-refractivity contribution in [2.24, 2.45) is 5.84 Å². The van der Waals surface area contributed by atoms with Gasteiger partial charge in [0.2, 0.25) is 0 Å². The third-order valence-electron chi connectivity index (χ3n) is 3.40. The van der Waals surface area contributed by atoms with Crippen molar-refractivity contribution in [1.29, 1.82) is 0 Å². The molecule has 2 heterocycles. The summed E-state index contributed by atoms with van der Waals surface area (Å²) in [6.45, 7) is 4.22. The van der Waals surface area contributed by atoms with Crippen molar-refractivity contribution in [2.75, 3.05) is 0 Å². The average molecular weight is 286 g/mol. The SMILES string of the molecule is Cc1cc(C)cc(C(Cc2cn3ccsc3n2)NN)c1. The van der Waals surface area contributed by atoms with Crippen LogP contribution in [-0.2, 0) is 6.42 Å². The largest absolute Gasteiger partial charge is 0.297 e. The van der Waals surface area contributed by atoms with Gasteiger partial charge in [0.1, 0.15) is 0 Å². The summed E-state index contributed by atoms with van der Waals surface area (Å²) in [4.78, 5) is 5.64. The zero-order valence-electron chi connectivity index (χ0n) is 11.6. The Bertz CT molecular complexity index is 680. The number of nitrogens with one attached hydrogen (secondary N) is 1. The Hall–Kier alpha value is -1.69. The van der Waals surface area contributed by atoms with Crippen LogP contribution in [0.15, 0.2) is 36.0 Å². The van der Waals surface area contributed by atoms with Crippen molar-refractivity contribution >= 4 is 16.3 Å². The molecule has 3 N–H and O–H groups in total. The van der Waals surface area contributed by atoms with Crippen LogP contribution in [0.2, 0.25) is 0 Å². The van der Waals surface area contributed by atoms with E-state index in [-0.39, 0.29) is 6.04 Å². The smallest absolute Gasteiger partial charge is 0.193 e. The molecule has 0 spiro atoms. The fourth-order valence-corrected chi connectivity index (χ4v) is 3.29. The van der Waals surface area contributed by atoms with Gasteiger partial charge in [-0.05, 0) is 19.4 Å². The summed E-state index contributed by atoms with van der Waals surface area (Å²) in [6, 6.07) is 6.61. The van der Waals surface area contributed by atoms with Crippen LogP contribution in [0.25, 0.3) is 4.96 Å². The molecule has 0 bridgehead atoms. The molecule has 3 rings (SSSR count). The second-order valence-electron chi connectivity index (χ2n) is 5.17. The summed E-state index contributed by atoms with van der Waals surface area (Å²) >= 11 is 1.64. The standard InChI is InChI=1S/C15H18N4S/c1-10-5-11(2)7-12(6-10)14(18-16)8-13-9-19-3-4-20-15(19)17-13/h3-7,9,14,18H,8,16H2,1-2H3. The maximum atomic E-state index is 5.74. The van der Waals surface area contributed by atoms with E-state index in [0.29, 0.717) is 0 Å². The number of benzene rings is 1. The predicted octanol–water partition coefficient (Wildman–Crippen LogP) is 2.76. The van der Waals surface area contributed by atoms with E-state index < -0.39 is 0 Å². The zero-order chi connectivity index (χ0) is 14.1. The number of thiazole rings is 1. The number of imidazole rings is 1. The van der Waals surface area contributed by atoms with E-state index in [0.717, 1.165) is 17.1 Å². The zero-order valence-corrected chi connectivity index (χ0v) is 12.4. The number of hydrogen-bond donors (Lipinski definition) is 2. The second kappa shape index (κ2) is 5.36. The van der Waals surface area contributed by atoms with Crippen molar-refractivity contribution < 1.29 is 0 Å². The van der Waals surface area contributed by atoms with Gasteiger partial charge >= 0.3 is 0 Å². The van der Waals surface area contributed by atoms with E-state index in [9.17, 15) is 0 Å². The van der Waals surface area contributed by atoms with E-state index >= 15 is 0 Å². The van der Waals surface area contributed by atoms with Crippen LogP contribution >= 0.6 is 11.3 Å². The van der Waals surface area contributed by atoms with Crippen LogP contribution in [-0.4, -0.2) is 9.38 Å². The minimum absolute atomic E-state index is 0.0817. The molecule has 0 aliphatic rings. The van der Waals surface area contributed by atoms with Crippen LogP contribution in [0.1, 0.15) is 28.4 Å². The highest BCUT2D eigenvalue weighted by molar-refractivity contribution is 7.15. The van der Waals surface area contributed by atoms with Gasteiger partial charge in [-0.25, -0.2) is 4.98 Å². The summed E-state index contributed by atoms with van der Waals surface area (Å²) in [5.41, 5.74) is 7.69. The first-order valence-corrected chi connectivity index (χ1v) is 7.49. The Morgan fingerprint density at radius 3 is 2.70 bits per heavy atom. The molecule has 20 heavy (non-hydrogen) atoms. The molecule has 0 aliphatic carbocycles. The minimum atomic E-state index is 0.0817. The highest BCUT2D eigenvalue weighted by atomic mass is 32.1. The van der Waals surface area contributed by atoms with Crippen LogP contribution in [0.3, 0.4) is 0 Å². The van der Waals surface area contributed by atoms with E-state index in [1.54, 1.807) is 11.3 Å². The van der Waals surface area contributed by atoms with Gasteiger partial charge in [0.25, 0.3) is 0 Å². The highest BCUT2D eigenvalue weighted by Gasteiger charge is 2.14. The van der Waals surface area contributed by atoms with Crippen molar-refractivity contribution in [3.63, 3.8) is 0 Å². The third-order valence-corrected chi connectivity index (χ3v) is 4.17. The molecule has 0 saturated heterocycles. The van der Waals surface area contributed by atoms with Crippen LogP contribution in [0, 0.1) is 13.8 Å². The highest BCUT2D eigenvalue weighted by Crippen LogP contribution is 2.21. The predicted molar refractivity (Wildman–Crippen MR) is 82.8 cm³/mol. The Balaban J connectivity index is 1.87. The minimum Gasteiger partial charge on any atom is -0.297 e. The molecule has 0 fully saturated rings. The van der Waals surface area contributed by atoms with E-state index in [1.807, 2.05) is 11.6 Å². The van der Waals surface area contributed by atoms with Crippen LogP contribution < -0.4 is 11.3 Å². The lowest BCUT2D eigenvalue weighted by Crippen LogP contribution is -2.29. The molecule has 2 aromatic heterocycles. The number of aromatic nitrogens is 2. The lowest BCUT2D eigenvalue weighted by Gasteiger charge is -2.16. The number of rotatable bonds is 4. The first-order chi connectivity index (χ1) is 9.65. The van der Waals surface area contributed by atoms with Crippen LogP contribution in [0.4, 0.5) is 0 Å². The van der Waals surface area contributed by atoms with E-state index in [2.05, 4.69) is 53.1 Å². The molecule has 104 valence electrons. The lowest BCUT2D eigenvalue weighted by atomic mass is 9.99. The maximum absolute atomic E-state index is 5.74. The molecule has 1 unspecified atom stereocenters. The van der Waals surface area contributed by atoms with Gasteiger partial charge in [-0.2, -0.15) is 0 Å². The second-order valence-corrected chi connectivity index (χ2v) is 6.04. The Kier molecular flexibility index (Phi) is 3.56. The van der Waals surface area contributed by atoms with Crippen molar-refractivity contribution in [2.45, 2.75) is 26.3 Å². The molecule has 3 aromatic rings. The number of hydrazine groups is 1. The molecule has 0 aliphatic heterocycles. The van der Waals surface area contributed by atoms with Gasteiger partial charge in [0.15, 0.2) is 4.96 Å². The molecule has 4 nitrogen and oxygen atoms in total. The molecule has 5 heteroatoms. The number of aryl methyl sites for hydroxylation is 2. The fourth-order valence-electron chi connectivity index (χ4n) is 2.57. The van der Waals surface area contributed by atoms with E-state index in [1.165, 1.54) is 16.7 Å². The average Bonchev–Trinajstić information content (AvgIpc) is 2.95. The third kappa shape index (κ3) is 2.60. The van der Waals surface area contributed by atoms with Gasteiger partial charge < -0.3 is 0 Å². The molecule has 1 atom stereocenters. The summed E-state index contributed by atoms with van der Waals surface area (Å²) in [5, 5.41) is 2.04. The molecule has 1 aromatic carbocycles. The van der Waals surface area contributed by atoms with Crippen LogP contribution in [0.5, 0.6) is 0 Å². The number of hydrogen-bond acceptors (Lipinski definition) is 4. The first-order valence-electron chi connectivity index (χ1n) is 6.61. The van der Waals surface area contributed by atoms with Gasteiger partial charge in [0, 0.05) is 24.2 Å². The summed E-state index contributed by atoms with van der Waals surface area (Å²) in [7, 11) is 0. The van der Waals surface area contributed by atoms with Gasteiger partial charge in [0.05, 0.1) is 11.7 Å². The normalized spacial score (nSPS) is 12.9. The Morgan fingerprint density at radius 1 is 1.30 bits per heavy atom. The Labute approximate surface area is 122 Å². The lowest BCUT2D eigenvalue weighted by molar-refractivity contribution is 0.546. The molecule has 0 saturated carbocycles. The fraction of sp³-hybridized carbons (Fsp3) is 0.267. The van der Waals surface area contributed by atoms with E-state index in [4.69, 9.17) is 5.84 Å². The van der Waals surface area contributed by atoms with Gasteiger partial charge in [-0.3, -0.25) is 15.7 Å². The van der Waals surface area contributed by atoms with Gasteiger partial charge in [-0.15, -0.1) is 11.3 Å². The quantitative estimate of drug-likeness (QED) is 0.573. The first kappa shape index (κ1) is 13.3. The maximum Gasteiger partial charge on any atom is 0.193 e. The molecular formula is C15H18N4S. The van der Waals surface area contributed by atoms with Gasteiger partial charge in [-0.1, -0.05) is 29.3 Å². The molecule has 0 amide bonds. The Morgan fingerprint density at radius 2 is 2.05 bits per heavy atom.